The number of halogens is 1. The van der Waals surface area contributed by atoms with Crippen LogP contribution in [0.25, 0.3) is 0 Å². The van der Waals surface area contributed by atoms with E-state index in [-0.39, 0.29) is 5.75 Å². The van der Waals surface area contributed by atoms with Crippen molar-refractivity contribution in [3.05, 3.63) is 24.3 Å². The summed E-state index contributed by atoms with van der Waals surface area (Å²) in [6, 6.07) is 3.25. The van der Waals surface area contributed by atoms with Crippen LogP contribution in [0.2, 0.25) is 0 Å². The number of aromatic nitrogens is 1. The van der Waals surface area contributed by atoms with E-state index < -0.39 is 5.95 Å². The van der Waals surface area contributed by atoms with Crippen LogP contribution in [0.4, 0.5) is 4.39 Å². The molecule has 0 saturated carbocycles. The maximum Gasteiger partial charge on any atom is 0.255 e. The molecular weight excluding hydrogens is 169 g/mol. The molecular formula is C10H14FNO. The highest BCUT2D eigenvalue weighted by atomic mass is 19.1. The van der Waals surface area contributed by atoms with Gasteiger partial charge >= 0.3 is 0 Å². The van der Waals surface area contributed by atoms with Crippen LogP contribution in [0.15, 0.2) is 18.3 Å². The van der Waals surface area contributed by atoms with E-state index in [0.29, 0.717) is 12.5 Å². The molecule has 72 valence electrons. The fourth-order valence-corrected chi connectivity index (χ4v) is 0.884. The van der Waals surface area contributed by atoms with E-state index in [9.17, 15) is 4.39 Å². The van der Waals surface area contributed by atoms with E-state index in [1.807, 2.05) is 0 Å². The first-order valence-electron chi connectivity index (χ1n) is 4.43. The van der Waals surface area contributed by atoms with Crippen molar-refractivity contribution in [1.29, 1.82) is 0 Å². The van der Waals surface area contributed by atoms with Gasteiger partial charge in [-0.3, -0.25) is 0 Å². The molecule has 0 fully saturated rings. The molecule has 1 aromatic rings. The first-order chi connectivity index (χ1) is 6.20. The van der Waals surface area contributed by atoms with Gasteiger partial charge < -0.3 is 4.74 Å². The minimum absolute atomic E-state index is 0.239. The standard InChI is InChI=1S/C10H14FNO/c1-8(2)5-7-13-9-4-3-6-12-10(9)11/h3-4,6,8H,5,7H2,1-2H3. The average molecular weight is 183 g/mol. The molecule has 0 aliphatic carbocycles. The summed E-state index contributed by atoms with van der Waals surface area (Å²) in [6.07, 6.45) is 2.33. The third-order valence-electron chi connectivity index (χ3n) is 1.68. The summed E-state index contributed by atoms with van der Waals surface area (Å²) in [6.45, 7) is 4.74. The fourth-order valence-electron chi connectivity index (χ4n) is 0.884. The van der Waals surface area contributed by atoms with Gasteiger partial charge in [0.2, 0.25) is 0 Å². The van der Waals surface area contributed by atoms with Crippen molar-refractivity contribution >= 4 is 0 Å². The number of hydrogen-bond acceptors (Lipinski definition) is 2. The molecule has 13 heavy (non-hydrogen) atoms. The minimum Gasteiger partial charge on any atom is -0.489 e. The van der Waals surface area contributed by atoms with E-state index in [1.165, 1.54) is 6.20 Å². The van der Waals surface area contributed by atoms with Crippen molar-refractivity contribution in [2.45, 2.75) is 20.3 Å². The summed E-state index contributed by atoms with van der Waals surface area (Å²) in [5, 5.41) is 0. The Morgan fingerprint density at radius 2 is 2.31 bits per heavy atom. The Morgan fingerprint density at radius 1 is 1.54 bits per heavy atom. The second kappa shape index (κ2) is 4.80. The van der Waals surface area contributed by atoms with E-state index in [0.717, 1.165) is 6.42 Å². The Kier molecular flexibility index (Phi) is 3.68. The van der Waals surface area contributed by atoms with Crippen molar-refractivity contribution in [3.8, 4) is 5.75 Å². The van der Waals surface area contributed by atoms with Crippen LogP contribution in [0.3, 0.4) is 0 Å². The zero-order valence-corrected chi connectivity index (χ0v) is 7.96. The third kappa shape index (κ3) is 3.40. The monoisotopic (exact) mass is 183 g/mol. The van der Waals surface area contributed by atoms with Gasteiger partial charge in [0.15, 0.2) is 5.75 Å². The molecule has 0 N–H and O–H groups in total. The molecule has 0 aliphatic rings. The van der Waals surface area contributed by atoms with Crippen molar-refractivity contribution < 1.29 is 9.13 Å². The lowest BCUT2D eigenvalue weighted by Gasteiger charge is -2.07. The number of hydrogen-bond donors (Lipinski definition) is 0. The third-order valence-corrected chi connectivity index (χ3v) is 1.68. The molecule has 2 nitrogen and oxygen atoms in total. The number of ether oxygens (including phenoxy) is 1. The van der Waals surface area contributed by atoms with Gasteiger partial charge in [-0.05, 0) is 24.5 Å². The fraction of sp³-hybridized carbons (Fsp3) is 0.500. The summed E-state index contributed by atoms with van der Waals surface area (Å²) in [5.74, 6) is 0.272. The molecule has 0 saturated heterocycles. The second-order valence-electron chi connectivity index (χ2n) is 3.32. The maximum atomic E-state index is 12.9. The SMILES string of the molecule is CC(C)CCOc1cccnc1F. The van der Waals surface area contributed by atoms with Gasteiger partial charge in [-0.1, -0.05) is 13.8 Å². The predicted octanol–water partition coefficient (Wildman–Crippen LogP) is 2.65. The molecule has 1 aromatic heterocycles. The maximum absolute atomic E-state index is 12.9. The molecule has 0 aliphatic heterocycles. The first-order valence-corrected chi connectivity index (χ1v) is 4.43. The van der Waals surface area contributed by atoms with Crippen LogP contribution >= 0.6 is 0 Å². The molecule has 0 bridgehead atoms. The normalized spacial score (nSPS) is 10.5. The highest BCUT2D eigenvalue weighted by Crippen LogP contribution is 2.13. The smallest absolute Gasteiger partial charge is 0.255 e. The topological polar surface area (TPSA) is 22.1 Å². The van der Waals surface area contributed by atoms with E-state index in [4.69, 9.17) is 4.74 Å². The van der Waals surface area contributed by atoms with Crippen LogP contribution in [0, 0.1) is 11.9 Å². The quantitative estimate of drug-likeness (QED) is 0.669. The molecule has 0 atom stereocenters. The van der Waals surface area contributed by atoms with Crippen LogP contribution in [-0.4, -0.2) is 11.6 Å². The highest BCUT2D eigenvalue weighted by molar-refractivity contribution is 5.17. The van der Waals surface area contributed by atoms with Gasteiger partial charge in [0, 0.05) is 6.20 Å². The molecule has 0 amide bonds. The summed E-state index contributed by atoms with van der Waals surface area (Å²) >= 11 is 0. The van der Waals surface area contributed by atoms with Crippen molar-refractivity contribution in [2.24, 2.45) is 5.92 Å². The summed E-state index contributed by atoms with van der Waals surface area (Å²) in [7, 11) is 0. The highest BCUT2D eigenvalue weighted by Gasteiger charge is 2.02. The zero-order chi connectivity index (χ0) is 9.68. The number of rotatable bonds is 4. The molecule has 1 rings (SSSR count). The Bertz CT molecular complexity index is 263. The summed E-state index contributed by atoms with van der Waals surface area (Å²) < 4.78 is 18.1. The van der Waals surface area contributed by atoms with Gasteiger partial charge in [0.25, 0.3) is 5.95 Å². The van der Waals surface area contributed by atoms with Crippen molar-refractivity contribution in [2.75, 3.05) is 6.61 Å². The van der Waals surface area contributed by atoms with Gasteiger partial charge in [-0.2, -0.15) is 4.39 Å². The van der Waals surface area contributed by atoms with Crippen molar-refractivity contribution in [3.63, 3.8) is 0 Å². The lowest BCUT2D eigenvalue weighted by molar-refractivity contribution is 0.273. The van der Waals surface area contributed by atoms with Gasteiger partial charge in [0.1, 0.15) is 0 Å². The number of nitrogens with zero attached hydrogens (tertiary/aromatic N) is 1. The number of pyridine rings is 1. The van der Waals surface area contributed by atoms with E-state index in [2.05, 4.69) is 18.8 Å². The Hall–Kier alpha value is -1.12. The summed E-state index contributed by atoms with van der Waals surface area (Å²) in [5.41, 5.74) is 0. The second-order valence-corrected chi connectivity index (χ2v) is 3.32. The van der Waals surface area contributed by atoms with E-state index in [1.54, 1.807) is 12.1 Å². The Balaban J connectivity index is 2.41. The van der Waals surface area contributed by atoms with Gasteiger partial charge in [-0.15, -0.1) is 0 Å². The zero-order valence-electron chi connectivity index (χ0n) is 7.96. The lowest BCUT2D eigenvalue weighted by atomic mass is 10.1. The van der Waals surface area contributed by atoms with Crippen molar-refractivity contribution in [1.82, 2.24) is 4.98 Å². The van der Waals surface area contributed by atoms with Crippen LogP contribution in [0.1, 0.15) is 20.3 Å². The summed E-state index contributed by atoms with van der Waals surface area (Å²) in [4.78, 5) is 3.49. The van der Waals surface area contributed by atoms with Crippen LogP contribution < -0.4 is 4.74 Å². The van der Waals surface area contributed by atoms with Crippen LogP contribution in [-0.2, 0) is 0 Å². The lowest BCUT2D eigenvalue weighted by Crippen LogP contribution is -2.03. The molecule has 0 spiro atoms. The molecule has 0 unspecified atom stereocenters. The van der Waals surface area contributed by atoms with E-state index >= 15 is 0 Å². The Labute approximate surface area is 77.8 Å². The van der Waals surface area contributed by atoms with Gasteiger partial charge in [0.05, 0.1) is 6.61 Å². The molecule has 0 radical (unpaired) electrons. The first kappa shape index (κ1) is 9.96. The Morgan fingerprint density at radius 3 is 2.92 bits per heavy atom. The predicted molar refractivity (Wildman–Crippen MR) is 49.1 cm³/mol. The molecule has 0 aromatic carbocycles. The molecule has 3 heteroatoms. The molecule has 1 heterocycles. The average Bonchev–Trinajstić information content (AvgIpc) is 2.08. The largest absolute Gasteiger partial charge is 0.489 e. The van der Waals surface area contributed by atoms with Crippen LogP contribution in [0.5, 0.6) is 5.75 Å². The van der Waals surface area contributed by atoms with Gasteiger partial charge in [-0.25, -0.2) is 4.98 Å². The minimum atomic E-state index is -0.536.